The van der Waals surface area contributed by atoms with Gasteiger partial charge in [-0.15, -0.1) is 10.0 Å². The maximum absolute atomic E-state index is 5.71. The molecule has 70 heavy (non-hydrogen) atoms. The summed E-state index contributed by atoms with van der Waals surface area (Å²) < 4.78 is 6.83. The molecule has 0 N–H and O–H groups in total. The van der Waals surface area contributed by atoms with Crippen LogP contribution in [0.25, 0.3) is 94.4 Å². The molecule has 0 unspecified atom stereocenters. The highest BCUT2D eigenvalue weighted by Gasteiger charge is 2.35. The number of fused-ring (bicyclic) bond motifs is 9. The summed E-state index contributed by atoms with van der Waals surface area (Å²) in [6, 6.07) is 91.7. The summed E-state index contributed by atoms with van der Waals surface area (Å²) in [6.45, 7) is 0. The Balaban J connectivity index is 1.16. The monoisotopic (exact) mass is 914 g/mol. The Morgan fingerprint density at radius 1 is 0.257 bits per heavy atom. The maximum atomic E-state index is 5.71. The maximum Gasteiger partial charge on any atom is 0.240 e. The quantitative estimate of drug-likeness (QED) is 0.153. The molecule has 0 radical (unpaired) electrons. The Kier molecular flexibility index (Phi) is 9.19. The molecule has 0 aliphatic rings. The van der Waals surface area contributed by atoms with Gasteiger partial charge in [0.15, 0.2) is 5.82 Å². The van der Waals surface area contributed by atoms with Crippen LogP contribution in [0, 0.1) is 0 Å². The second kappa shape index (κ2) is 16.0. The van der Waals surface area contributed by atoms with Gasteiger partial charge in [-0.05, 0) is 91.0 Å². The minimum atomic E-state index is -2.13. The lowest BCUT2D eigenvalue weighted by molar-refractivity contribution is 0.891. The van der Waals surface area contributed by atoms with Gasteiger partial charge in [0, 0.05) is 57.5 Å². The molecule has 0 atom stereocenters. The van der Waals surface area contributed by atoms with Crippen LogP contribution in [-0.2, 0) is 0 Å². The number of rotatable bonds is 8. The first-order valence-corrected chi connectivity index (χ1v) is 25.2. The van der Waals surface area contributed by atoms with Crippen LogP contribution in [0.5, 0.6) is 0 Å². The number of hydrogen-bond donors (Lipinski definition) is 0. The van der Waals surface area contributed by atoms with Crippen LogP contribution in [-0.4, -0.2) is 28.7 Å². The van der Waals surface area contributed by atoms with Crippen LogP contribution >= 0.6 is 10.0 Å². The van der Waals surface area contributed by atoms with Gasteiger partial charge < -0.3 is 4.57 Å². The lowest BCUT2D eigenvalue weighted by Crippen LogP contribution is -2.12. The topological polar surface area (TPSA) is 53.5 Å². The van der Waals surface area contributed by atoms with Crippen LogP contribution < -0.4 is 0 Å². The van der Waals surface area contributed by atoms with E-state index in [0.717, 1.165) is 70.8 Å². The van der Waals surface area contributed by atoms with Gasteiger partial charge in [0.05, 0.1) is 38.8 Å². The number of para-hydroxylation sites is 6. The SMILES string of the molecule is c1ccc(S(c2ccccc2)(c2ccccc2)c2ccc(-n3c4ccccc4c4ccccc43)c(-c3nc(-n4c5ccccc5c5ccccc54)nc(-n4c5ccccc5c5ccccc54)n3)c2)cc1. The van der Waals surface area contributed by atoms with E-state index in [4.69, 9.17) is 15.0 Å². The van der Waals surface area contributed by atoms with Gasteiger partial charge in [-0.3, -0.25) is 9.13 Å². The van der Waals surface area contributed by atoms with Gasteiger partial charge in [-0.2, -0.15) is 15.0 Å². The van der Waals surface area contributed by atoms with Crippen molar-refractivity contribution in [2.45, 2.75) is 19.6 Å². The van der Waals surface area contributed by atoms with Crippen LogP contribution in [0.15, 0.2) is 274 Å². The molecule has 0 saturated heterocycles. The lowest BCUT2D eigenvalue weighted by atomic mass is 10.1. The second-order valence-corrected chi connectivity index (χ2v) is 20.7. The third kappa shape index (κ3) is 5.98. The molecule has 0 amide bonds. The first-order chi connectivity index (χ1) is 34.8. The summed E-state index contributed by atoms with van der Waals surface area (Å²) in [4.78, 5) is 21.8. The predicted octanol–water partition coefficient (Wildman–Crippen LogP) is 16.2. The van der Waals surface area contributed by atoms with Crippen molar-refractivity contribution in [1.82, 2.24) is 28.7 Å². The summed E-state index contributed by atoms with van der Waals surface area (Å²) in [5.74, 6) is 1.63. The van der Waals surface area contributed by atoms with Gasteiger partial charge in [-0.25, -0.2) is 0 Å². The summed E-state index contributed by atoms with van der Waals surface area (Å²) in [7, 11) is -2.13. The molecule has 330 valence electrons. The average molecular weight is 915 g/mol. The molecule has 6 nitrogen and oxygen atoms in total. The molecule has 0 saturated carbocycles. The van der Waals surface area contributed by atoms with Crippen LogP contribution in [0.3, 0.4) is 0 Å². The Bertz CT molecular complexity index is 3920. The van der Waals surface area contributed by atoms with Gasteiger partial charge in [0.2, 0.25) is 11.9 Å². The Morgan fingerprint density at radius 2 is 0.557 bits per heavy atom. The standard InChI is InChI=1S/C63H42N6S/c1-4-22-43(23-5-1)70(44-24-6-2-7-25-44,45-26-8-3-9-27-45)46-40-41-60(67-54-34-16-10-28-47(54)48-29-11-17-35-55(48)67)53(42-46)61-64-62(68-56-36-18-12-30-49(56)50-31-13-19-37-57(50)68)66-63(65-61)69-58-38-20-14-32-51(58)52-33-15-21-39-59(52)69/h1-42H. The predicted molar refractivity (Wildman–Crippen MR) is 288 cm³/mol. The fourth-order valence-electron chi connectivity index (χ4n) is 10.9. The Morgan fingerprint density at radius 3 is 0.900 bits per heavy atom. The lowest BCUT2D eigenvalue weighted by Gasteiger charge is -2.42. The Labute approximate surface area is 405 Å². The normalized spacial score (nSPS) is 12.2. The van der Waals surface area contributed by atoms with Crippen molar-refractivity contribution < 1.29 is 0 Å². The molecule has 14 aromatic rings. The molecule has 0 aliphatic carbocycles. The van der Waals surface area contributed by atoms with E-state index in [2.05, 4.69) is 268 Å². The average Bonchev–Trinajstić information content (AvgIpc) is 4.08. The van der Waals surface area contributed by atoms with E-state index in [1.54, 1.807) is 0 Å². The van der Waals surface area contributed by atoms with E-state index in [9.17, 15) is 0 Å². The smallest absolute Gasteiger partial charge is 0.240 e. The molecule has 0 aliphatic heterocycles. The minimum Gasteiger partial charge on any atom is -0.309 e. The number of hydrogen-bond acceptors (Lipinski definition) is 3. The summed E-state index contributed by atoms with van der Waals surface area (Å²) in [5.41, 5.74) is 8.13. The summed E-state index contributed by atoms with van der Waals surface area (Å²) in [6.07, 6.45) is 0. The van der Waals surface area contributed by atoms with E-state index in [1.165, 1.54) is 25.5 Å². The van der Waals surface area contributed by atoms with E-state index in [1.807, 2.05) is 0 Å². The van der Waals surface area contributed by atoms with Crippen LogP contribution in [0.4, 0.5) is 0 Å². The zero-order valence-corrected chi connectivity index (χ0v) is 38.7. The molecule has 7 heteroatoms. The molecule has 0 fully saturated rings. The third-order valence-corrected chi connectivity index (χ3v) is 17.7. The van der Waals surface area contributed by atoms with E-state index in [0.29, 0.717) is 17.7 Å². The van der Waals surface area contributed by atoms with E-state index in [-0.39, 0.29) is 0 Å². The minimum absolute atomic E-state index is 0.533. The van der Waals surface area contributed by atoms with Crippen molar-refractivity contribution >= 4 is 75.4 Å². The van der Waals surface area contributed by atoms with Crippen molar-refractivity contribution in [3.05, 3.63) is 255 Å². The molecule has 0 spiro atoms. The highest BCUT2D eigenvalue weighted by Crippen LogP contribution is 2.73. The zero-order valence-electron chi connectivity index (χ0n) is 37.8. The largest absolute Gasteiger partial charge is 0.309 e. The van der Waals surface area contributed by atoms with Crippen molar-refractivity contribution in [1.29, 1.82) is 0 Å². The van der Waals surface area contributed by atoms with Crippen molar-refractivity contribution in [2.75, 3.05) is 0 Å². The van der Waals surface area contributed by atoms with Gasteiger partial charge in [-0.1, -0.05) is 164 Å². The number of aromatic nitrogens is 6. The second-order valence-electron chi connectivity index (χ2n) is 17.6. The molecule has 14 rings (SSSR count). The van der Waals surface area contributed by atoms with Crippen LogP contribution in [0.1, 0.15) is 0 Å². The van der Waals surface area contributed by atoms with Gasteiger partial charge >= 0.3 is 0 Å². The fraction of sp³-hybridized carbons (Fsp3) is 0. The van der Waals surface area contributed by atoms with E-state index < -0.39 is 10.0 Å². The third-order valence-electron chi connectivity index (χ3n) is 13.8. The van der Waals surface area contributed by atoms with Gasteiger partial charge in [0.25, 0.3) is 0 Å². The fourth-order valence-corrected chi connectivity index (χ4v) is 14.8. The molecule has 4 aromatic heterocycles. The molecule has 4 heterocycles. The van der Waals surface area contributed by atoms with Gasteiger partial charge in [0.1, 0.15) is 0 Å². The number of nitrogens with zero attached hydrogens (tertiary/aromatic N) is 6. The molecule has 10 aromatic carbocycles. The molecular formula is C63H42N6S. The number of benzene rings is 10. The summed E-state index contributed by atoms with van der Waals surface area (Å²) in [5, 5.41) is 6.89. The van der Waals surface area contributed by atoms with Crippen molar-refractivity contribution in [3.63, 3.8) is 0 Å². The van der Waals surface area contributed by atoms with Crippen LogP contribution in [0.2, 0.25) is 0 Å². The summed E-state index contributed by atoms with van der Waals surface area (Å²) >= 11 is 0. The molecule has 0 bridgehead atoms. The van der Waals surface area contributed by atoms with Crippen molar-refractivity contribution in [3.8, 4) is 29.0 Å². The Hall–Kier alpha value is -9.04. The first kappa shape index (κ1) is 40.1. The highest BCUT2D eigenvalue weighted by atomic mass is 32.3. The van der Waals surface area contributed by atoms with Crippen molar-refractivity contribution in [2.24, 2.45) is 0 Å². The van der Waals surface area contributed by atoms with E-state index >= 15 is 0 Å². The molecular weight excluding hydrogens is 873 g/mol. The highest BCUT2D eigenvalue weighted by molar-refractivity contribution is 8.34. The first-order valence-electron chi connectivity index (χ1n) is 23.6. The zero-order chi connectivity index (χ0) is 46.2.